The lowest BCUT2D eigenvalue weighted by Gasteiger charge is -2.32. The van der Waals surface area contributed by atoms with Crippen LogP contribution in [0.15, 0.2) is 0 Å². The number of piperidine rings is 1. The summed E-state index contributed by atoms with van der Waals surface area (Å²) in [6, 6.07) is 0. The Morgan fingerprint density at radius 3 is 2.96 bits per heavy atom. The van der Waals surface area contributed by atoms with E-state index in [9.17, 15) is 4.79 Å². The summed E-state index contributed by atoms with van der Waals surface area (Å²) in [5.41, 5.74) is 1.19. The predicted octanol–water partition coefficient (Wildman–Crippen LogP) is 3.74. The zero-order chi connectivity index (χ0) is 16.6. The molecule has 3 rings (SSSR count). The van der Waals surface area contributed by atoms with Crippen molar-refractivity contribution < 1.29 is 9.53 Å². The predicted molar refractivity (Wildman–Crippen MR) is 93.5 cm³/mol. The fourth-order valence-electron chi connectivity index (χ4n) is 3.05. The van der Waals surface area contributed by atoms with E-state index in [1.807, 2.05) is 6.92 Å². The Kier molecular flexibility index (Phi) is 4.73. The minimum absolute atomic E-state index is 0.104. The number of ether oxygens (including phenoxy) is 1. The molecule has 0 aliphatic carbocycles. The van der Waals surface area contributed by atoms with Gasteiger partial charge < -0.3 is 9.64 Å². The number of aromatic nitrogens is 2. The summed E-state index contributed by atoms with van der Waals surface area (Å²) < 4.78 is 5.18. The van der Waals surface area contributed by atoms with Crippen LogP contribution in [0, 0.1) is 19.8 Å². The zero-order valence-electron chi connectivity index (χ0n) is 13.6. The second kappa shape index (κ2) is 6.61. The Bertz CT molecular complexity index is 746. The van der Waals surface area contributed by atoms with Crippen molar-refractivity contribution in [2.75, 3.05) is 24.6 Å². The van der Waals surface area contributed by atoms with E-state index in [1.165, 1.54) is 10.4 Å². The highest BCUT2D eigenvalue weighted by molar-refractivity contribution is 7.18. The van der Waals surface area contributed by atoms with Gasteiger partial charge in [0.25, 0.3) is 0 Å². The third kappa shape index (κ3) is 3.15. The molecule has 1 fully saturated rings. The smallest absolute Gasteiger partial charge is 0.310 e. The van der Waals surface area contributed by atoms with Gasteiger partial charge in [-0.3, -0.25) is 4.79 Å². The van der Waals surface area contributed by atoms with E-state index in [-0.39, 0.29) is 17.2 Å². The Labute approximate surface area is 144 Å². The molecule has 5 nitrogen and oxygen atoms in total. The molecular weight excluding hydrogens is 334 g/mol. The quantitative estimate of drug-likeness (QED) is 0.621. The molecule has 0 spiro atoms. The van der Waals surface area contributed by atoms with Crippen LogP contribution >= 0.6 is 22.9 Å². The molecule has 2 aromatic rings. The van der Waals surface area contributed by atoms with Gasteiger partial charge in [0.1, 0.15) is 10.6 Å². The van der Waals surface area contributed by atoms with Gasteiger partial charge in [0.15, 0.2) is 0 Å². The largest absolute Gasteiger partial charge is 0.466 e. The van der Waals surface area contributed by atoms with E-state index in [1.54, 1.807) is 11.3 Å². The van der Waals surface area contributed by atoms with E-state index >= 15 is 0 Å². The van der Waals surface area contributed by atoms with Gasteiger partial charge in [-0.1, -0.05) is 0 Å². The number of thiophene rings is 1. The Morgan fingerprint density at radius 1 is 1.43 bits per heavy atom. The minimum atomic E-state index is -0.119. The highest BCUT2D eigenvalue weighted by Crippen LogP contribution is 2.37. The standard InChI is InChI=1S/C16H20ClN3O2S/c1-4-22-15(21)11-6-5-7-20(8-11)13-12-9(2)10(3)23-14(12)19-16(17)18-13/h11H,4-8H2,1-3H3. The van der Waals surface area contributed by atoms with Crippen molar-refractivity contribution in [2.45, 2.75) is 33.6 Å². The number of hydrogen-bond acceptors (Lipinski definition) is 6. The minimum Gasteiger partial charge on any atom is -0.466 e. The number of carbonyl (C=O) groups excluding carboxylic acids is 1. The summed E-state index contributed by atoms with van der Waals surface area (Å²) in [6.45, 7) is 7.91. The molecule has 3 heterocycles. The van der Waals surface area contributed by atoms with Crippen molar-refractivity contribution in [3.63, 3.8) is 0 Å². The van der Waals surface area contributed by atoms with Crippen molar-refractivity contribution in [3.8, 4) is 0 Å². The molecule has 0 radical (unpaired) electrons. The number of carbonyl (C=O) groups is 1. The van der Waals surface area contributed by atoms with Gasteiger partial charge >= 0.3 is 5.97 Å². The molecular formula is C16H20ClN3O2S. The maximum Gasteiger partial charge on any atom is 0.310 e. The first-order valence-corrected chi connectivity index (χ1v) is 9.05. The van der Waals surface area contributed by atoms with E-state index in [4.69, 9.17) is 16.3 Å². The summed E-state index contributed by atoms with van der Waals surface area (Å²) in [4.78, 5) is 25.2. The van der Waals surface area contributed by atoms with E-state index in [0.29, 0.717) is 13.2 Å². The van der Waals surface area contributed by atoms with E-state index < -0.39 is 0 Å². The molecule has 0 saturated carbocycles. The van der Waals surface area contributed by atoms with Gasteiger partial charge in [0.2, 0.25) is 5.28 Å². The van der Waals surface area contributed by atoms with Crippen LogP contribution < -0.4 is 4.90 Å². The Hall–Kier alpha value is -1.40. The second-order valence-corrected chi connectivity index (χ2v) is 7.36. The summed E-state index contributed by atoms with van der Waals surface area (Å²) in [5, 5.41) is 1.31. The summed E-state index contributed by atoms with van der Waals surface area (Å²) in [7, 11) is 0. The third-order valence-corrected chi connectivity index (χ3v) is 5.59. The molecule has 1 atom stereocenters. The molecule has 0 N–H and O–H groups in total. The maximum absolute atomic E-state index is 12.1. The van der Waals surface area contributed by atoms with Gasteiger partial charge in [-0.15, -0.1) is 11.3 Å². The maximum atomic E-state index is 12.1. The van der Waals surface area contributed by atoms with Gasteiger partial charge in [-0.05, 0) is 50.8 Å². The number of nitrogens with zero attached hydrogens (tertiary/aromatic N) is 3. The monoisotopic (exact) mass is 353 g/mol. The molecule has 2 aromatic heterocycles. The normalized spacial score (nSPS) is 18.4. The van der Waals surface area contributed by atoms with Crippen LogP contribution in [0.2, 0.25) is 5.28 Å². The number of rotatable bonds is 3. The lowest BCUT2D eigenvalue weighted by Crippen LogP contribution is -2.40. The molecule has 0 amide bonds. The van der Waals surface area contributed by atoms with Crippen molar-refractivity contribution in [3.05, 3.63) is 15.7 Å². The van der Waals surface area contributed by atoms with Crippen LogP contribution in [0.3, 0.4) is 0 Å². The zero-order valence-corrected chi connectivity index (χ0v) is 15.1. The first kappa shape index (κ1) is 16.5. The van der Waals surface area contributed by atoms with Crippen LogP contribution in [0.5, 0.6) is 0 Å². The molecule has 1 aliphatic heterocycles. The summed E-state index contributed by atoms with van der Waals surface area (Å²) in [6.07, 6.45) is 1.80. The molecule has 1 saturated heterocycles. The Morgan fingerprint density at radius 2 is 2.22 bits per heavy atom. The average Bonchev–Trinajstić information content (AvgIpc) is 2.81. The number of hydrogen-bond donors (Lipinski definition) is 0. The van der Waals surface area contributed by atoms with Crippen LogP contribution in [0.1, 0.15) is 30.2 Å². The average molecular weight is 354 g/mol. The SMILES string of the molecule is CCOC(=O)C1CCCN(c2nc(Cl)nc3sc(C)c(C)c23)C1. The number of halogens is 1. The van der Waals surface area contributed by atoms with Crippen LogP contribution in [-0.4, -0.2) is 35.6 Å². The topological polar surface area (TPSA) is 55.3 Å². The van der Waals surface area contributed by atoms with E-state index in [2.05, 4.69) is 28.7 Å². The number of anilines is 1. The molecule has 1 unspecified atom stereocenters. The highest BCUT2D eigenvalue weighted by atomic mass is 35.5. The van der Waals surface area contributed by atoms with Crippen molar-refractivity contribution in [1.82, 2.24) is 9.97 Å². The number of esters is 1. The summed E-state index contributed by atoms with van der Waals surface area (Å²) in [5.74, 6) is 0.621. The molecule has 0 bridgehead atoms. The van der Waals surface area contributed by atoms with Gasteiger partial charge in [-0.2, -0.15) is 4.98 Å². The molecule has 124 valence electrons. The third-order valence-electron chi connectivity index (χ3n) is 4.32. The lowest BCUT2D eigenvalue weighted by atomic mass is 9.98. The van der Waals surface area contributed by atoms with Gasteiger partial charge in [0, 0.05) is 18.0 Å². The fourth-order valence-corrected chi connectivity index (χ4v) is 4.29. The molecule has 0 aromatic carbocycles. The van der Waals surface area contributed by atoms with Crippen LogP contribution in [0.4, 0.5) is 5.82 Å². The van der Waals surface area contributed by atoms with Crippen molar-refractivity contribution in [1.29, 1.82) is 0 Å². The van der Waals surface area contributed by atoms with Crippen LogP contribution in [0.25, 0.3) is 10.2 Å². The number of fused-ring (bicyclic) bond motifs is 1. The van der Waals surface area contributed by atoms with Crippen LogP contribution in [-0.2, 0) is 9.53 Å². The molecule has 23 heavy (non-hydrogen) atoms. The fraction of sp³-hybridized carbons (Fsp3) is 0.562. The first-order valence-electron chi connectivity index (χ1n) is 7.86. The first-order chi connectivity index (χ1) is 11.0. The molecule has 7 heteroatoms. The van der Waals surface area contributed by atoms with Gasteiger partial charge in [0.05, 0.1) is 17.9 Å². The van der Waals surface area contributed by atoms with Crippen molar-refractivity contribution >= 4 is 44.9 Å². The van der Waals surface area contributed by atoms with Gasteiger partial charge in [-0.25, -0.2) is 4.98 Å². The second-order valence-electron chi connectivity index (χ2n) is 5.82. The lowest BCUT2D eigenvalue weighted by molar-refractivity contribution is -0.148. The van der Waals surface area contributed by atoms with E-state index in [0.717, 1.165) is 35.4 Å². The van der Waals surface area contributed by atoms with Crippen molar-refractivity contribution in [2.24, 2.45) is 5.92 Å². The molecule has 1 aliphatic rings. The Balaban J connectivity index is 1.97. The number of aryl methyl sites for hydroxylation is 2. The summed E-state index contributed by atoms with van der Waals surface area (Å²) >= 11 is 7.75. The highest BCUT2D eigenvalue weighted by Gasteiger charge is 2.29.